The minimum atomic E-state index is -0.227. The van der Waals surface area contributed by atoms with Crippen LogP contribution in [0.2, 0.25) is 0 Å². The maximum Gasteiger partial charge on any atom is 0.131 e. The van der Waals surface area contributed by atoms with E-state index < -0.39 is 0 Å². The lowest BCUT2D eigenvalue weighted by Crippen LogP contribution is -2.04. The molecule has 0 amide bonds. The van der Waals surface area contributed by atoms with Gasteiger partial charge in [0.15, 0.2) is 0 Å². The molecule has 2 aromatic carbocycles. The maximum atomic E-state index is 13.7. The predicted octanol–water partition coefficient (Wildman–Crippen LogP) is 4.27. The summed E-state index contributed by atoms with van der Waals surface area (Å²) in [5.41, 5.74) is 8.25. The fraction of sp³-hybridized carbons (Fsp3) is 0.143. The molecule has 0 aromatic heterocycles. The van der Waals surface area contributed by atoms with Crippen molar-refractivity contribution in [2.24, 2.45) is 5.73 Å². The molecule has 1 nitrogen and oxygen atoms in total. The van der Waals surface area contributed by atoms with Crippen LogP contribution in [0.5, 0.6) is 0 Å². The van der Waals surface area contributed by atoms with E-state index >= 15 is 0 Å². The van der Waals surface area contributed by atoms with Gasteiger partial charge < -0.3 is 5.73 Å². The van der Waals surface area contributed by atoms with Crippen LogP contribution in [0.1, 0.15) is 18.5 Å². The lowest BCUT2D eigenvalue weighted by molar-refractivity contribution is 0.631. The van der Waals surface area contributed by atoms with Crippen molar-refractivity contribution in [2.75, 3.05) is 0 Å². The van der Waals surface area contributed by atoms with Gasteiger partial charge in [-0.2, -0.15) is 0 Å². The van der Waals surface area contributed by atoms with Crippen molar-refractivity contribution in [1.29, 1.82) is 0 Å². The fourth-order valence-corrected chi connectivity index (χ4v) is 2.17. The largest absolute Gasteiger partial charge is 0.324 e. The molecule has 0 fully saturated rings. The molecule has 2 N–H and O–H groups in total. The van der Waals surface area contributed by atoms with Gasteiger partial charge in [0.25, 0.3) is 0 Å². The van der Waals surface area contributed by atoms with E-state index in [4.69, 9.17) is 5.73 Å². The van der Waals surface area contributed by atoms with Gasteiger partial charge >= 0.3 is 0 Å². The van der Waals surface area contributed by atoms with E-state index in [9.17, 15) is 4.39 Å². The molecule has 1 unspecified atom stereocenters. The topological polar surface area (TPSA) is 26.0 Å². The van der Waals surface area contributed by atoms with Crippen LogP contribution in [-0.4, -0.2) is 0 Å². The molecule has 0 saturated carbocycles. The number of hydrogen-bond acceptors (Lipinski definition) is 1. The number of benzene rings is 2. The SMILES string of the molecule is CC(N)c1ccc(Br)c(-c2ccccc2F)c1. The second kappa shape index (κ2) is 4.98. The Morgan fingerprint density at radius 1 is 1.12 bits per heavy atom. The van der Waals surface area contributed by atoms with Crippen LogP contribution in [0, 0.1) is 5.82 Å². The molecule has 2 aromatic rings. The van der Waals surface area contributed by atoms with E-state index in [1.165, 1.54) is 6.07 Å². The molecule has 0 bridgehead atoms. The minimum absolute atomic E-state index is 0.0615. The molecule has 88 valence electrons. The quantitative estimate of drug-likeness (QED) is 0.879. The van der Waals surface area contributed by atoms with Gasteiger partial charge in [-0.15, -0.1) is 0 Å². The Bertz CT molecular complexity index is 537. The van der Waals surface area contributed by atoms with Gasteiger partial charge in [0.2, 0.25) is 0 Å². The first-order valence-electron chi connectivity index (χ1n) is 5.39. The van der Waals surface area contributed by atoms with Crippen molar-refractivity contribution in [3.63, 3.8) is 0 Å². The standard InChI is InChI=1S/C14H13BrFN/c1-9(17)10-6-7-13(15)12(8-10)11-4-2-3-5-14(11)16/h2-9H,17H2,1H3. The van der Waals surface area contributed by atoms with Crippen molar-refractivity contribution in [3.8, 4) is 11.1 Å². The zero-order valence-corrected chi connectivity index (χ0v) is 11.0. The third-order valence-corrected chi connectivity index (χ3v) is 3.37. The molecule has 0 radical (unpaired) electrons. The van der Waals surface area contributed by atoms with Crippen LogP contribution in [-0.2, 0) is 0 Å². The predicted molar refractivity (Wildman–Crippen MR) is 72.1 cm³/mol. The highest BCUT2D eigenvalue weighted by Gasteiger charge is 2.10. The highest BCUT2D eigenvalue weighted by Crippen LogP contribution is 2.32. The minimum Gasteiger partial charge on any atom is -0.324 e. The molecule has 0 spiro atoms. The van der Waals surface area contributed by atoms with E-state index in [-0.39, 0.29) is 11.9 Å². The average molecular weight is 294 g/mol. The summed E-state index contributed by atoms with van der Waals surface area (Å²) < 4.78 is 14.6. The number of nitrogens with two attached hydrogens (primary N) is 1. The monoisotopic (exact) mass is 293 g/mol. The highest BCUT2D eigenvalue weighted by molar-refractivity contribution is 9.10. The molecular formula is C14H13BrFN. The van der Waals surface area contributed by atoms with E-state index in [2.05, 4.69) is 15.9 Å². The average Bonchev–Trinajstić information content (AvgIpc) is 2.30. The highest BCUT2D eigenvalue weighted by atomic mass is 79.9. The third-order valence-electron chi connectivity index (χ3n) is 2.68. The molecule has 2 rings (SSSR count). The Kier molecular flexibility index (Phi) is 3.60. The van der Waals surface area contributed by atoms with Gasteiger partial charge in [-0.3, -0.25) is 0 Å². The molecular weight excluding hydrogens is 281 g/mol. The van der Waals surface area contributed by atoms with Gasteiger partial charge in [-0.25, -0.2) is 4.39 Å². The summed E-state index contributed by atoms with van der Waals surface area (Å²) in [6.07, 6.45) is 0. The summed E-state index contributed by atoms with van der Waals surface area (Å²) in [4.78, 5) is 0. The van der Waals surface area contributed by atoms with E-state index in [0.29, 0.717) is 5.56 Å². The van der Waals surface area contributed by atoms with E-state index in [1.54, 1.807) is 12.1 Å². The smallest absolute Gasteiger partial charge is 0.131 e. The molecule has 1 atom stereocenters. The fourth-order valence-electron chi connectivity index (χ4n) is 1.71. The molecule has 0 aliphatic heterocycles. The Balaban J connectivity index is 2.59. The number of hydrogen-bond donors (Lipinski definition) is 1. The number of rotatable bonds is 2. The summed E-state index contributed by atoms with van der Waals surface area (Å²) in [5, 5.41) is 0. The van der Waals surface area contributed by atoms with Crippen LogP contribution in [0.15, 0.2) is 46.9 Å². The Hall–Kier alpha value is -1.19. The first-order valence-corrected chi connectivity index (χ1v) is 6.19. The summed E-state index contributed by atoms with van der Waals surface area (Å²) in [7, 11) is 0. The lowest BCUT2D eigenvalue weighted by Gasteiger charge is -2.11. The first kappa shape index (κ1) is 12.3. The van der Waals surface area contributed by atoms with Crippen molar-refractivity contribution in [2.45, 2.75) is 13.0 Å². The molecule has 3 heteroatoms. The van der Waals surface area contributed by atoms with Crippen LogP contribution in [0.25, 0.3) is 11.1 Å². The lowest BCUT2D eigenvalue weighted by atomic mass is 10.00. The van der Waals surface area contributed by atoms with Crippen molar-refractivity contribution in [3.05, 3.63) is 58.3 Å². The molecule has 0 aliphatic carbocycles. The zero-order chi connectivity index (χ0) is 12.4. The second-order valence-electron chi connectivity index (χ2n) is 4.01. The van der Waals surface area contributed by atoms with Gasteiger partial charge in [-0.05, 0) is 36.2 Å². The Morgan fingerprint density at radius 3 is 2.47 bits per heavy atom. The number of halogens is 2. The zero-order valence-electron chi connectivity index (χ0n) is 9.45. The Morgan fingerprint density at radius 2 is 1.82 bits per heavy atom. The van der Waals surface area contributed by atoms with Crippen LogP contribution < -0.4 is 5.73 Å². The van der Waals surface area contributed by atoms with E-state index in [0.717, 1.165) is 15.6 Å². The normalized spacial score (nSPS) is 12.5. The summed E-state index contributed by atoms with van der Waals surface area (Å²) >= 11 is 3.44. The molecule has 0 heterocycles. The van der Waals surface area contributed by atoms with Crippen LogP contribution in [0.4, 0.5) is 4.39 Å². The summed E-state index contributed by atoms with van der Waals surface area (Å²) in [5.74, 6) is -0.227. The van der Waals surface area contributed by atoms with Crippen molar-refractivity contribution >= 4 is 15.9 Å². The second-order valence-corrected chi connectivity index (χ2v) is 4.86. The third kappa shape index (κ3) is 2.56. The van der Waals surface area contributed by atoms with Gasteiger partial charge in [-0.1, -0.05) is 40.2 Å². The van der Waals surface area contributed by atoms with Crippen molar-refractivity contribution < 1.29 is 4.39 Å². The molecule has 0 aliphatic rings. The van der Waals surface area contributed by atoms with Gasteiger partial charge in [0.05, 0.1) is 0 Å². The van der Waals surface area contributed by atoms with Crippen LogP contribution >= 0.6 is 15.9 Å². The maximum absolute atomic E-state index is 13.7. The molecule has 17 heavy (non-hydrogen) atoms. The Labute approximate surface area is 109 Å². The summed E-state index contributed by atoms with van der Waals surface area (Å²) in [6.45, 7) is 1.91. The van der Waals surface area contributed by atoms with Gasteiger partial charge in [0.1, 0.15) is 5.82 Å². The van der Waals surface area contributed by atoms with Gasteiger partial charge in [0, 0.05) is 16.1 Å². The summed E-state index contributed by atoms with van der Waals surface area (Å²) in [6, 6.07) is 12.4. The van der Waals surface area contributed by atoms with E-state index in [1.807, 2.05) is 31.2 Å². The van der Waals surface area contributed by atoms with Crippen LogP contribution in [0.3, 0.4) is 0 Å². The van der Waals surface area contributed by atoms with Crippen molar-refractivity contribution in [1.82, 2.24) is 0 Å². The first-order chi connectivity index (χ1) is 8.09. The molecule has 0 saturated heterocycles.